The number of aromatic amines is 2. The van der Waals surface area contributed by atoms with Crippen molar-refractivity contribution in [3.05, 3.63) is 120 Å². The third kappa shape index (κ3) is 16.8. The molecule has 0 radical (unpaired) electrons. The molecule has 2 saturated heterocycles. The van der Waals surface area contributed by atoms with Crippen LogP contribution in [0, 0.1) is 0 Å². The number of aromatic nitrogens is 3. The number of phenolic OH excluding ortho intramolecular Hbond substituents is 1. The quantitative estimate of drug-likeness (QED) is 0.117. The number of phenols is 1. The molecule has 0 saturated carbocycles. The average Bonchev–Trinajstić information content (AvgIpc) is 3.96. The Balaban J connectivity index is 0.000000202. The predicted molar refractivity (Wildman–Crippen MR) is 204 cm³/mol. The van der Waals surface area contributed by atoms with Crippen LogP contribution in [0.25, 0.3) is 10.9 Å². The summed E-state index contributed by atoms with van der Waals surface area (Å²) in [5.74, 6) is 0.340. The molecule has 5 aromatic rings. The van der Waals surface area contributed by atoms with Crippen LogP contribution in [0.3, 0.4) is 0 Å². The van der Waals surface area contributed by atoms with Gasteiger partial charge in [0.05, 0.1) is 12.4 Å². The fraction of sp³-hybridized carbons (Fsp3) is 0.439. The highest BCUT2D eigenvalue weighted by atomic mass is 16.3. The van der Waals surface area contributed by atoms with Crippen molar-refractivity contribution in [2.45, 2.75) is 105 Å². The predicted octanol–water partition coefficient (Wildman–Crippen LogP) is 8.39. The lowest BCUT2D eigenvalue weighted by molar-refractivity contribution is 0.194. The minimum absolute atomic E-state index is 0.0880. The Morgan fingerprint density at radius 2 is 1.40 bits per heavy atom. The molecule has 0 bridgehead atoms. The summed E-state index contributed by atoms with van der Waals surface area (Å²) in [6.07, 6.45) is 13.5. The zero-order valence-electron chi connectivity index (χ0n) is 30.2. The number of aliphatic hydroxyl groups excluding tert-OH is 1. The van der Waals surface area contributed by atoms with Gasteiger partial charge in [0, 0.05) is 47.6 Å². The van der Waals surface area contributed by atoms with E-state index in [-0.39, 0.29) is 6.10 Å². The molecular weight excluding hydrogens is 594 g/mol. The van der Waals surface area contributed by atoms with E-state index in [1.54, 1.807) is 18.5 Å². The Morgan fingerprint density at radius 1 is 0.729 bits per heavy atom. The number of aliphatic hydroxyl groups is 1. The molecule has 2 aliphatic heterocycles. The summed E-state index contributed by atoms with van der Waals surface area (Å²) >= 11 is 0. The SMILES string of the molecule is CC1CC(O)CN1.CC1CCCN1.CCc1c[nH]c2ccccc12.CCc1ccc(O)cc1.CCc1ccccc1.CCc1cnc[nH]1. The molecule has 2 aromatic heterocycles. The average molecular weight is 656 g/mol. The van der Waals surface area contributed by atoms with Crippen molar-refractivity contribution in [3.63, 3.8) is 0 Å². The van der Waals surface area contributed by atoms with Crippen molar-refractivity contribution in [1.82, 2.24) is 25.6 Å². The van der Waals surface area contributed by atoms with E-state index in [1.165, 1.54) is 52.7 Å². The number of imidazole rings is 1. The van der Waals surface area contributed by atoms with E-state index in [0.29, 0.717) is 11.8 Å². The van der Waals surface area contributed by atoms with Crippen LogP contribution in [0.4, 0.5) is 0 Å². The molecule has 0 aliphatic carbocycles. The molecular formula is C41H61N5O2. The Bertz CT molecular complexity index is 1440. The number of nitrogens with one attached hydrogen (secondary N) is 4. The normalized spacial score (nSPS) is 17.5. The van der Waals surface area contributed by atoms with Crippen molar-refractivity contribution in [2.75, 3.05) is 13.1 Å². The van der Waals surface area contributed by atoms with Gasteiger partial charge in [0.25, 0.3) is 0 Å². The second-order valence-electron chi connectivity index (χ2n) is 12.2. The molecule has 0 spiro atoms. The lowest BCUT2D eigenvalue weighted by Gasteiger charge is -1.95. The number of fused-ring (bicyclic) bond motifs is 1. The van der Waals surface area contributed by atoms with Crippen molar-refractivity contribution < 1.29 is 10.2 Å². The van der Waals surface area contributed by atoms with E-state index >= 15 is 0 Å². The number of hydrogen-bond acceptors (Lipinski definition) is 5. The third-order valence-electron chi connectivity index (χ3n) is 8.22. The number of rotatable bonds is 4. The lowest BCUT2D eigenvalue weighted by atomic mass is 10.1. The molecule has 7 heteroatoms. The maximum atomic E-state index is 8.85. The summed E-state index contributed by atoms with van der Waals surface area (Å²) in [5, 5.41) is 25.5. The van der Waals surface area contributed by atoms with Gasteiger partial charge in [0.2, 0.25) is 0 Å². The summed E-state index contributed by atoms with van der Waals surface area (Å²) in [5.41, 5.74) is 6.50. The second-order valence-corrected chi connectivity index (χ2v) is 12.2. The Kier molecular flexibility index (Phi) is 20.4. The van der Waals surface area contributed by atoms with E-state index in [2.05, 4.69) is 122 Å². The molecule has 4 heterocycles. The minimum atomic E-state index is -0.0880. The molecule has 7 rings (SSSR count). The van der Waals surface area contributed by atoms with E-state index in [1.807, 2.05) is 24.4 Å². The summed E-state index contributed by atoms with van der Waals surface area (Å²) in [6, 6.07) is 27.4. The summed E-state index contributed by atoms with van der Waals surface area (Å²) < 4.78 is 0. The number of hydrogen-bond donors (Lipinski definition) is 6. The Labute approximate surface area is 289 Å². The fourth-order valence-electron chi connectivity index (χ4n) is 5.12. The highest BCUT2D eigenvalue weighted by molar-refractivity contribution is 5.82. The maximum absolute atomic E-state index is 8.85. The number of nitrogens with zero attached hydrogens (tertiary/aromatic N) is 1. The van der Waals surface area contributed by atoms with Gasteiger partial charge in [-0.05, 0) is 100 Å². The van der Waals surface area contributed by atoms with Crippen LogP contribution in [0.2, 0.25) is 0 Å². The van der Waals surface area contributed by atoms with Gasteiger partial charge in [0.15, 0.2) is 0 Å². The second kappa shape index (κ2) is 24.3. The van der Waals surface area contributed by atoms with E-state index in [9.17, 15) is 0 Å². The van der Waals surface area contributed by atoms with Gasteiger partial charge in [-0.15, -0.1) is 0 Å². The van der Waals surface area contributed by atoms with Gasteiger partial charge >= 0.3 is 0 Å². The van der Waals surface area contributed by atoms with Gasteiger partial charge in [0.1, 0.15) is 5.75 Å². The third-order valence-corrected chi connectivity index (χ3v) is 8.22. The molecule has 0 amide bonds. The molecule has 262 valence electrons. The van der Waals surface area contributed by atoms with Gasteiger partial charge in [-0.2, -0.15) is 0 Å². The fourth-order valence-corrected chi connectivity index (χ4v) is 5.12. The first-order chi connectivity index (χ1) is 23.3. The number of aromatic hydroxyl groups is 1. The molecule has 2 aliphatic rings. The standard InChI is InChI=1S/C10H11N.C8H10O.C8H10.C5H8N2.C5H11NO.C5H11N/c1-2-8-7-11-10-6-4-3-5-9(8)10;1-2-7-3-5-8(9)6-4-7;1-2-8-6-4-3-5-7-8;1-2-5-3-6-4-7-5;1-4-2-5(7)3-6-4;1-5-3-2-4-6-5/h3-7,11H,2H2,1H3;3-6,9H,2H2,1H3;3-7H,2H2,1H3;3-4H,2H2,1H3,(H,6,7);4-7H,2-3H2,1H3;5-6H,2-4H2,1H3. The zero-order valence-corrected chi connectivity index (χ0v) is 30.2. The minimum Gasteiger partial charge on any atom is -0.508 e. The molecule has 3 unspecified atom stereocenters. The van der Waals surface area contributed by atoms with Crippen LogP contribution in [-0.2, 0) is 25.7 Å². The molecule has 48 heavy (non-hydrogen) atoms. The van der Waals surface area contributed by atoms with Crippen LogP contribution < -0.4 is 10.6 Å². The Hall–Kier alpha value is -3.91. The number of para-hydroxylation sites is 1. The van der Waals surface area contributed by atoms with Crippen LogP contribution in [0.5, 0.6) is 5.75 Å². The smallest absolute Gasteiger partial charge is 0.115 e. The lowest BCUT2D eigenvalue weighted by Crippen LogP contribution is -2.17. The van der Waals surface area contributed by atoms with Gasteiger partial charge in [-0.3, -0.25) is 0 Å². The first-order valence-electron chi connectivity index (χ1n) is 17.8. The van der Waals surface area contributed by atoms with Crippen LogP contribution >= 0.6 is 0 Å². The van der Waals surface area contributed by atoms with Crippen molar-refractivity contribution in [3.8, 4) is 5.75 Å². The van der Waals surface area contributed by atoms with Crippen molar-refractivity contribution in [1.29, 1.82) is 0 Å². The number of β-amino-alcohol motifs (C(OH)–C–C–N with tert-alkyl or cyclic N) is 1. The molecule has 7 nitrogen and oxygen atoms in total. The molecule has 2 fully saturated rings. The van der Waals surface area contributed by atoms with E-state index in [0.717, 1.165) is 44.7 Å². The number of H-pyrrole nitrogens is 2. The first kappa shape index (κ1) is 40.3. The molecule has 3 atom stereocenters. The largest absolute Gasteiger partial charge is 0.508 e. The highest BCUT2D eigenvalue weighted by Gasteiger charge is 2.16. The topological polar surface area (TPSA) is 109 Å². The zero-order chi connectivity index (χ0) is 35.0. The van der Waals surface area contributed by atoms with Crippen LogP contribution in [0.1, 0.15) is 83.2 Å². The molecule has 3 aromatic carbocycles. The first-order valence-corrected chi connectivity index (χ1v) is 17.8. The number of benzene rings is 3. The van der Waals surface area contributed by atoms with Crippen LogP contribution in [-0.4, -0.2) is 56.4 Å². The summed E-state index contributed by atoms with van der Waals surface area (Å²) in [7, 11) is 0. The van der Waals surface area contributed by atoms with E-state index in [4.69, 9.17) is 10.2 Å². The summed E-state index contributed by atoms with van der Waals surface area (Å²) in [6.45, 7) is 14.8. The molecule has 6 N–H and O–H groups in total. The van der Waals surface area contributed by atoms with Gasteiger partial charge in [-0.25, -0.2) is 4.98 Å². The van der Waals surface area contributed by atoms with Gasteiger partial charge in [-0.1, -0.05) is 88.4 Å². The highest BCUT2D eigenvalue weighted by Crippen LogP contribution is 2.17. The van der Waals surface area contributed by atoms with Crippen molar-refractivity contribution in [2.24, 2.45) is 0 Å². The Morgan fingerprint density at radius 3 is 1.81 bits per heavy atom. The van der Waals surface area contributed by atoms with Gasteiger partial charge < -0.3 is 30.8 Å². The van der Waals surface area contributed by atoms with Crippen LogP contribution in [0.15, 0.2) is 97.6 Å². The number of aryl methyl sites for hydroxylation is 4. The summed E-state index contributed by atoms with van der Waals surface area (Å²) in [4.78, 5) is 10.1. The maximum Gasteiger partial charge on any atom is 0.115 e. The monoisotopic (exact) mass is 655 g/mol. The van der Waals surface area contributed by atoms with E-state index < -0.39 is 0 Å². The van der Waals surface area contributed by atoms with Crippen molar-refractivity contribution >= 4 is 10.9 Å².